The maximum Gasteiger partial charge on any atom is 0.337 e. The van der Waals surface area contributed by atoms with E-state index < -0.39 is 16.8 Å². The summed E-state index contributed by atoms with van der Waals surface area (Å²) < 4.78 is 3.75. The molecule has 9 nitrogen and oxygen atoms in total. The lowest BCUT2D eigenvalue weighted by Gasteiger charge is -2.25. The third-order valence-electron chi connectivity index (χ3n) is 4.98. The van der Waals surface area contributed by atoms with Gasteiger partial charge in [-0.1, -0.05) is 17.3 Å². The Morgan fingerprint density at radius 1 is 1.10 bits per heavy atom. The van der Waals surface area contributed by atoms with E-state index in [-0.39, 0.29) is 5.69 Å². The molecule has 0 saturated heterocycles. The minimum atomic E-state index is -1.21. The first-order valence-corrected chi connectivity index (χ1v) is 9.29. The van der Waals surface area contributed by atoms with Gasteiger partial charge in [0, 0.05) is 6.20 Å². The minimum Gasteiger partial charge on any atom is -0.277 e. The fourth-order valence-corrected chi connectivity index (χ4v) is 3.57. The van der Waals surface area contributed by atoms with Gasteiger partial charge in [0.1, 0.15) is 11.1 Å². The Labute approximate surface area is 171 Å². The second kappa shape index (κ2) is 6.77. The molecular formula is C21H19N7O2. The smallest absolute Gasteiger partial charge is 0.277 e. The zero-order chi connectivity index (χ0) is 21.6. The molecule has 3 heterocycles. The van der Waals surface area contributed by atoms with Gasteiger partial charge < -0.3 is 0 Å². The summed E-state index contributed by atoms with van der Waals surface area (Å²) in [6.07, 6.45) is 3.07. The summed E-state index contributed by atoms with van der Waals surface area (Å²) in [7, 11) is 0. The molecule has 30 heavy (non-hydrogen) atoms. The van der Waals surface area contributed by atoms with Crippen molar-refractivity contribution < 1.29 is 0 Å². The molecule has 4 aromatic rings. The average Bonchev–Trinajstić information content (AvgIpc) is 3.12. The Hall–Kier alpha value is -4.06. The van der Waals surface area contributed by atoms with Gasteiger partial charge in [0.05, 0.1) is 29.2 Å². The van der Waals surface area contributed by atoms with Gasteiger partial charge in [-0.3, -0.25) is 14.3 Å². The van der Waals surface area contributed by atoms with Crippen molar-refractivity contribution in [1.82, 2.24) is 29.1 Å². The largest absolute Gasteiger partial charge is 0.337 e. The molecule has 0 aliphatic rings. The first-order chi connectivity index (χ1) is 14.3. The van der Waals surface area contributed by atoms with E-state index in [1.54, 1.807) is 45.2 Å². The number of aromatic nitrogens is 6. The maximum absolute atomic E-state index is 13.6. The Morgan fingerprint density at radius 3 is 2.53 bits per heavy atom. The van der Waals surface area contributed by atoms with Crippen LogP contribution in [-0.2, 0) is 5.54 Å². The lowest BCUT2D eigenvalue weighted by atomic mass is 10.1. The van der Waals surface area contributed by atoms with Gasteiger partial charge in [0.25, 0.3) is 5.56 Å². The number of hydrogen-bond donors (Lipinski definition) is 0. The van der Waals surface area contributed by atoms with E-state index in [1.807, 2.05) is 19.1 Å². The van der Waals surface area contributed by atoms with Crippen molar-refractivity contribution in [3.8, 4) is 17.4 Å². The molecule has 9 heteroatoms. The van der Waals surface area contributed by atoms with Crippen LogP contribution in [0.2, 0.25) is 0 Å². The second-order valence-electron chi connectivity index (χ2n) is 7.57. The molecule has 0 N–H and O–H groups in total. The molecule has 0 amide bonds. The second-order valence-corrected chi connectivity index (χ2v) is 7.57. The van der Waals surface area contributed by atoms with E-state index in [0.717, 1.165) is 10.1 Å². The fourth-order valence-electron chi connectivity index (χ4n) is 3.57. The summed E-state index contributed by atoms with van der Waals surface area (Å²) in [5, 5.41) is 18.0. The zero-order valence-electron chi connectivity index (χ0n) is 17.0. The van der Waals surface area contributed by atoms with E-state index in [1.165, 1.54) is 15.4 Å². The van der Waals surface area contributed by atoms with Gasteiger partial charge in [0.15, 0.2) is 5.69 Å². The Morgan fingerprint density at radius 2 is 1.83 bits per heavy atom. The van der Waals surface area contributed by atoms with Crippen LogP contribution >= 0.6 is 0 Å². The molecule has 150 valence electrons. The highest BCUT2D eigenvalue weighted by Crippen LogP contribution is 2.20. The van der Waals surface area contributed by atoms with Crippen molar-refractivity contribution in [2.24, 2.45) is 0 Å². The van der Waals surface area contributed by atoms with Crippen LogP contribution < -0.4 is 11.2 Å². The highest BCUT2D eigenvalue weighted by molar-refractivity contribution is 5.76. The molecular weight excluding hydrogens is 382 g/mol. The zero-order valence-corrected chi connectivity index (χ0v) is 17.0. The average molecular weight is 401 g/mol. The lowest BCUT2D eigenvalue weighted by molar-refractivity contribution is 0.422. The molecule has 0 bridgehead atoms. The number of rotatable bonds is 3. The van der Waals surface area contributed by atoms with Crippen LogP contribution in [0.5, 0.6) is 0 Å². The van der Waals surface area contributed by atoms with Crippen LogP contribution in [0.3, 0.4) is 0 Å². The number of aryl methyl sites for hydroxylation is 1. The number of fused-ring (bicyclic) bond motifs is 1. The summed E-state index contributed by atoms with van der Waals surface area (Å²) >= 11 is 0. The molecule has 0 atom stereocenters. The van der Waals surface area contributed by atoms with Crippen LogP contribution in [0.1, 0.15) is 25.1 Å². The van der Waals surface area contributed by atoms with Crippen LogP contribution in [0, 0.1) is 25.2 Å². The number of nitriles is 1. The number of para-hydroxylation sites is 1. The van der Waals surface area contributed by atoms with Gasteiger partial charge in [-0.25, -0.2) is 14.0 Å². The number of benzene rings is 1. The normalized spacial score (nSPS) is 11.6. The summed E-state index contributed by atoms with van der Waals surface area (Å²) in [5.41, 5.74) is 0.409. The molecule has 0 unspecified atom stereocenters. The van der Waals surface area contributed by atoms with Gasteiger partial charge >= 0.3 is 5.69 Å². The SMILES string of the molecule is Cc1cncc(-n2c(=O)c(-n3nnc4ccccc43)c(C)n(C(C)(C)C#N)c2=O)c1. The van der Waals surface area contributed by atoms with Crippen LogP contribution in [0.15, 0.2) is 52.3 Å². The molecule has 1 aromatic carbocycles. The van der Waals surface area contributed by atoms with Crippen LogP contribution in [-0.4, -0.2) is 29.1 Å². The molecule has 0 aliphatic heterocycles. The van der Waals surface area contributed by atoms with Crippen LogP contribution in [0.25, 0.3) is 22.4 Å². The van der Waals surface area contributed by atoms with Crippen molar-refractivity contribution in [3.05, 3.63) is 74.8 Å². The summed E-state index contributed by atoms with van der Waals surface area (Å²) in [5.74, 6) is 0. The van der Waals surface area contributed by atoms with E-state index >= 15 is 0 Å². The maximum atomic E-state index is 13.6. The fraction of sp³-hybridized carbons (Fsp3) is 0.238. The molecule has 0 spiro atoms. The van der Waals surface area contributed by atoms with E-state index in [9.17, 15) is 14.9 Å². The van der Waals surface area contributed by atoms with E-state index in [0.29, 0.717) is 22.4 Å². The number of hydrogen-bond acceptors (Lipinski definition) is 6. The first-order valence-electron chi connectivity index (χ1n) is 9.29. The monoisotopic (exact) mass is 401 g/mol. The third kappa shape index (κ3) is 2.81. The predicted octanol–water partition coefficient (Wildman–Crippen LogP) is 2.00. The minimum absolute atomic E-state index is 0.146. The summed E-state index contributed by atoms with van der Waals surface area (Å²) in [6.45, 7) is 6.69. The van der Waals surface area contributed by atoms with Crippen molar-refractivity contribution >= 4 is 11.0 Å². The van der Waals surface area contributed by atoms with Crippen molar-refractivity contribution in [1.29, 1.82) is 5.26 Å². The molecule has 0 saturated carbocycles. The van der Waals surface area contributed by atoms with E-state index in [2.05, 4.69) is 21.4 Å². The Balaban J connectivity index is 2.20. The molecule has 4 rings (SSSR count). The quantitative estimate of drug-likeness (QED) is 0.519. The standard InChI is InChI=1S/C21H19N7O2/c1-13-9-15(11-23-10-13)26-19(29)18(14(2)27(20(26)30)21(3,4)12-22)28-17-8-6-5-7-16(17)24-25-28/h5-11H,1-4H3. The highest BCUT2D eigenvalue weighted by Gasteiger charge is 2.29. The molecule has 0 fully saturated rings. The third-order valence-corrected chi connectivity index (χ3v) is 4.98. The Kier molecular flexibility index (Phi) is 4.35. The predicted molar refractivity (Wildman–Crippen MR) is 111 cm³/mol. The first kappa shape index (κ1) is 19.3. The Bertz CT molecular complexity index is 1450. The van der Waals surface area contributed by atoms with Crippen LogP contribution in [0.4, 0.5) is 0 Å². The summed E-state index contributed by atoms with van der Waals surface area (Å²) in [4.78, 5) is 31.1. The molecule has 0 radical (unpaired) electrons. The topological polar surface area (TPSA) is 111 Å². The number of nitrogens with zero attached hydrogens (tertiary/aromatic N) is 7. The van der Waals surface area contributed by atoms with Crippen molar-refractivity contribution in [2.45, 2.75) is 33.2 Å². The van der Waals surface area contributed by atoms with Gasteiger partial charge in [-0.05, 0) is 51.5 Å². The van der Waals surface area contributed by atoms with Gasteiger partial charge in [0.2, 0.25) is 0 Å². The van der Waals surface area contributed by atoms with Crippen molar-refractivity contribution in [2.75, 3.05) is 0 Å². The number of pyridine rings is 1. The summed E-state index contributed by atoms with van der Waals surface area (Å²) in [6, 6.07) is 11.1. The van der Waals surface area contributed by atoms with E-state index in [4.69, 9.17) is 0 Å². The molecule has 3 aromatic heterocycles. The highest BCUT2D eigenvalue weighted by atomic mass is 16.2. The van der Waals surface area contributed by atoms with Crippen molar-refractivity contribution in [3.63, 3.8) is 0 Å². The van der Waals surface area contributed by atoms with Gasteiger partial charge in [-0.15, -0.1) is 5.10 Å². The molecule has 0 aliphatic carbocycles. The van der Waals surface area contributed by atoms with Gasteiger partial charge in [-0.2, -0.15) is 5.26 Å². The lowest BCUT2D eigenvalue weighted by Crippen LogP contribution is -2.48.